The van der Waals surface area contributed by atoms with E-state index in [1.807, 2.05) is 30.3 Å². The van der Waals surface area contributed by atoms with E-state index in [0.29, 0.717) is 33.9 Å². The maximum absolute atomic E-state index is 13.3. The molecule has 0 saturated heterocycles. The lowest BCUT2D eigenvalue weighted by Gasteiger charge is -2.16. The number of nitro groups is 1. The molecule has 0 fully saturated rings. The van der Waals surface area contributed by atoms with Gasteiger partial charge in [-0.05, 0) is 59.7 Å². The summed E-state index contributed by atoms with van der Waals surface area (Å²) in [7, 11) is -2.67. The van der Waals surface area contributed by atoms with Gasteiger partial charge in [-0.25, -0.2) is 8.42 Å². The zero-order chi connectivity index (χ0) is 30.0. The van der Waals surface area contributed by atoms with Gasteiger partial charge in [0, 0.05) is 37.1 Å². The van der Waals surface area contributed by atoms with Crippen LogP contribution in [0.4, 0.5) is 28.4 Å². The third-order valence-corrected chi connectivity index (χ3v) is 8.22. The summed E-state index contributed by atoms with van der Waals surface area (Å²) in [5.41, 5.74) is 2.88. The van der Waals surface area contributed by atoms with Crippen LogP contribution in [0, 0.1) is 10.1 Å². The van der Waals surface area contributed by atoms with Crippen LogP contribution in [0.5, 0.6) is 0 Å². The number of nitro benzene ring substituents is 1. The van der Waals surface area contributed by atoms with Gasteiger partial charge in [-0.1, -0.05) is 42.5 Å². The molecular weight excluding hydrogens is 558 g/mol. The first kappa shape index (κ1) is 28.2. The Morgan fingerprint density at radius 2 is 1.64 bits per heavy atom. The van der Waals surface area contributed by atoms with Crippen molar-refractivity contribution in [1.82, 2.24) is 0 Å². The van der Waals surface area contributed by atoms with Crippen LogP contribution in [0.2, 0.25) is 0 Å². The van der Waals surface area contributed by atoms with E-state index >= 15 is 0 Å². The molecule has 1 unspecified atom stereocenters. The van der Waals surface area contributed by atoms with Gasteiger partial charge in [0.05, 0.1) is 16.3 Å². The summed E-state index contributed by atoms with van der Waals surface area (Å²) < 4.78 is 28.7. The first-order chi connectivity index (χ1) is 20.0. The molecule has 1 heterocycles. The molecule has 5 rings (SSSR count). The molecule has 1 aliphatic rings. The summed E-state index contributed by atoms with van der Waals surface area (Å²) in [5.74, 6) is -1.36. The third-order valence-electron chi connectivity index (χ3n) is 6.79. The van der Waals surface area contributed by atoms with Crippen LogP contribution in [0.1, 0.15) is 24.0 Å². The smallest absolute Gasteiger partial charge is 0.289 e. The number of carbonyl (C=O) groups is 2. The molecule has 2 N–H and O–H groups in total. The molecule has 4 aromatic carbocycles. The van der Waals surface area contributed by atoms with E-state index in [9.17, 15) is 28.1 Å². The van der Waals surface area contributed by atoms with Crippen LogP contribution in [-0.4, -0.2) is 37.9 Å². The summed E-state index contributed by atoms with van der Waals surface area (Å²) in [6, 6.07) is 25.7. The Balaban J connectivity index is 1.55. The molecule has 1 atom stereocenters. The number of hydrogen-bond acceptors (Lipinski definition) is 7. The quantitative estimate of drug-likeness (QED) is 0.165. The van der Waals surface area contributed by atoms with Crippen molar-refractivity contribution in [3.05, 3.63) is 118 Å². The van der Waals surface area contributed by atoms with Crippen molar-refractivity contribution in [2.24, 2.45) is 4.99 Å². The second-order valence-corrected chi connectivity index (χ2v) is 11.2. The summed E-state index contributed by atoms with van der Waals surface area (Å²) in [4.78, 5) is 41.6. The maximum Gasteiger partial charge on any atom is 0.289 e. The van der Waals surface area contributed by atoms with Gasteiger partial charge in [0.1, 0.15) is 5.92 Å². The average molecular weight is 584 g/mol. The van der Waals surface area contributed by atoms with Crippen molar-refractivity contribution in [2.45, 2.75) is 17.7 Å². The normalized spacial score (nSPS) is 14.6. The molecule has 11 nitrogen and oxygen atoms in total. The predicted molar refractivity (Wildman–Crippen MR) is 160 cm³/mol. The van der Waals surface area contributed by atoms with Crippen LogP contribution in [0.25, 0.3) is 0 Å². The minimum absolute atomic E-state index is 0.122. The van der Waals surface area contributed by atoms with E-state index in [1.54, 1.807) is 37.4 Å². The Labute approximate surface area is 241 Å². The number of carbonyl (C=O) groups excluding carboxylic acids is 2. The Bertz CT molecular complexity index is 1840. The van der Waals surface area contributed by atoms with Gasteiger partial charge in [-0.15, -0.1) is 0 Å². The lowest BCUT2D eigenvalue weighted by atomic mass is 9.90. The highest BCUT2D eigenvalue weighted by molar-refractivity contribution is 7.92. The number of hydrogen-bond donors (Lipinski definition) is 2. The van der Waals surface area contributed by atoms with Crippen LogP contribution in [-0.2, 0) is 19.6 Å². The largest absolute Gasteiger partial charge is 0.325 e. The van der Waals surface area contributed by atoms with E-state index in [0.717, 1.165) is 12.1 Å². The summed E-state index contributed by atoms with van der Waals surface area (Å²) in [5, 5.41) is 14.3. The van der Waals surface area contributed by atoms with Gasteiger partial charge in [0.25, 0.3) is 15.7 Å². The molecule has 42 heavy (non-hydrogen) atoms. The fourth-order valence-electron chi connectivity index (χ4n) is 4.62. The molecule has 0 bridgehead atoms. The Morgan fingerprint density at radius 3 is 2.31 bits per heavy atom. The first-order valence-electron chi connectivity index (χ1n) is 12.7. The highest BCUT2D eigenvalue weighted by atomic mass is 32.2. The number of nitrogens with one attached hydrogen (secondary N) is 2. The van der Waals surface area contributed by atoms with Crippen LogP contribution >= 0.6 is 0 Å². The summed E-state index contributed by atoms with van der Waals surface area (Å²) in [6.45, 7) is 1.46. The molecule has 0 aliphatic carbocycles. The number of nitrogens with zero attached hydrogens (tertiary/aromatic N) is 3. The average Bonchev–Trinajstić information content (AvgIpc) is 3.30. The minimum atomic E-state index is -4.33. The molecule has 0 saturated carbocycles. The zero-order valence-corrected chi connectivity index (χ0v) is 23.3. The fourth-order valence-corrected chi connectivity index (χ4v) is 5.84. The number of fused-ring (bicyclic) bond motifs is 1. The molecule has 12 heteroatoms. The number of anilines is 3. The first-order valence-corrected chi connectivity index (χ1v) is 14.2. The maximum atomic E-state index is 13.3. The van der Waals surface area contributed by atoms with Gasteiger partial charge in [0.15, 0.2) is 4.90 Å². The lowest BCUT2D eigenvalue weighted by molar-refractivity contribution is -0.387. The topological polar surface area (TPSA) is 151 Å². The van der Waals surface area contributed by atoms with Gasteiger partial charge < -0.3 is 10.2 Å². The Kier molecular flexibility index (Phi) is 7.55. The third kappa shape index (κ3) is 5.60. The molecule has 1 aliphatic heterocycles. The number of para-hydroxylation sites is 1. The van der Waals surface area contributed by atoms with Crippen LogP contribution in [0.3, 0.4) is 0 Å². The summed E-state index contributed by atoms with van der Waals surface area (Å²) >= 11 is 0. The van der Waals surface area contributed by atoms with Gasteiger partial charge >= 0.3 is 0 Å². The van der Waals surface area contributed by atoms with Crippen molar-refractivity contribution < 1.29 is 22.9 Å². The SMILES string of the molecule is CC(=O)N(C)c1ccc(N=C(c2ccccc2)C2C(=O)Nc3ccc(NS(=O)(=O)c4ccccc4[N+](=O)[O-])cc32)cc1. The number of aliphatic imine (C=N–C) groups is 1. The number of amides is 2. The molecule has 212 valence electrons. The summed E-state index contributed by atoms with van der Waals surface area (Å²) in [6.07, 6.45) is 0. The Hall–Kier alpha value is -5.36. The van der Waals surface area contributed by atoms with Crippen LogP contribution in [0.15, 0.2) is 107 Å². The molecule has 4 aromatic rings. The lowest BCUT2D eigenvalue weighted by Crippen LogP contribution is -2.22. The number of benzene rings is 4. The molecule has 0 radical (unpaired) electrons. The highest BCUT2D eigenvalue weighted by Gasteiger charge is 2.36. The molecule has 0 spiro atoms. The van der Waals surface area contributed by atoms with E-state index in [4.69, 9.17) is 4.99 Å². The van der Waals surface area contributed by atoms with E-state index in [2.05, 4.69) is 10.0 Å². The second-order valence-electron chi connectivity index (χ2n) is 9.51. The monoisotopic (exact) mass is 583 g/mol. The van der Waals surface area contributed by atoms with Gasteiger partial charge in [0.2, 0.25) is 11.8 Å². The standard InChI is InChI=1S/C30H25N5O6S/c1-19(36)34(2)23-15-12-21(13-16-23)31-29(20-8-4-3-5-9-20)28-24-18-22(14-17-25(24)32-30(28)37)33-42(40,41)27-11-7-6-10-26(27)35(38)39/h3-18,28,33H,1-2H3,(H,32,37). The minimum Gasteiger partial charge on any atom is -0.325 e. The van der Waals surface area contributed by atoms with Crippen molar-refractivity contribution in [2.75, 3.05) is 22.0 Å². The van der Waals surface area contributed by atoms with Crippen LogP contribution < -0.4 is 14.9 Å². The van der Waals surface area contributed by atoms with E-state index in [1.165, 1.54) is 36.1 Å². The Morgan fingerprint density at radius 1 is 0.976 bits per heavy atom. The molecular formula is C30H25N5O6S. The predicted octanol–water partition coefficient (Wildman–Crippen LogP) is 5.24. The molecule has 0 aromatic heterocycles. The van der Waals surface area contributed by atoms with Gasteiger partial charge in [-0.3, -0.25) is 29.4 Å². The van der Waals surface area contributed by atoms with E-state index < -0.39 is 31.4 Å². The number of sulfonamides is 1. The molecule has 2 amide bonds. The van der Waals surface area contributed by atoms with Crippen molar-refractivity contribution >= 4 is 56.0 Å². The fraction of sp³-hybridized carbons (Fsp3) is 0.100. The number of rotatable bonds is 8. The van der Waals surface area contributed by atoms with Crippen molar-refractivity contribution in [3.8, 4) is 0 Å². The zero-order valence-electron chi connectivity index (χ0n) is 22.5. The second kappa shape index (κ2) is 11.3. The van der Waals surface area contributed by atoms with Crippen molar-refractivity contribution in [1.29, 1.82) is 0 Å². The van der Waals surface area contributed by atoms with E-state index in [-0.39, 0.29) is 17.5 Å². The van der Waals surface area contributed by atoms with Crippen molar-refractivity contribution in [3.63, 3.8) is 0 Å². The van der Waals surface area contributed by atoms with Gasteiger partial charge in [-0.2, -0.15) is 0 Å². The highest BCUT2D eigenvalue weighted by Crippen LogP contribution is 2.38.